The molecular formula is C13H7ClF3NO. The maximum Gasteiger partial charge on any atom is 0.198 e. The molecule has 0 aliphatic heterocycles. The van der Waals surface area contributed by atoms with Crippen LogP contribution in [0.25, 0.3) is 0 Å². The van der Waals surface area contributed by atoms with Crippen molar-refractivity contribution >= 4 is 23.1 Å². The highest BCUT2D eigenvalue weighted by Crippen LogP contribution is 2.23. The number of nitrogens with two attached hydrogens (primary N) is 1. The molecule has 98 valence electrons. The maximum atomic E-state index is 13.5. The minimum atomic E-state index is -1.36. The second kappa shape index (κ2) is 4.93. The van der Waals surface area contributed by atoms with Crippen LogP contribution in [-0.2, 0) is 0 Å². The summed E-state index contributed by atoms with van der Waals surface area (Å²) in [5.41, 5.74) is 4.99. The molecule has 0 aliphatic carbocycles. The lowest BCUT2D eigenvalue weighted by Crippen LogP contribution is -2.08. The van der Waals surface area contributed by atoms with E-state index in [0.717, 1.165) is 0 Å². The van der Waals surface area contributed by atoms with Crippen molar-refractivity contribution in [1.82, 2.24) is 0 Å². The molecule has 19 heavy (non-hydrogen) atoms. The monoisotopic (exact) mass is 285 g/mol. The summed E-state index contributed by atoms with van der Waals surface area (Å²) in [4.78, 5) is 12.0. The maximum absolute atomic E-state index is 13.5. The van der Waals surface area contributed by atoms with Gasteiger partial charge in [-0.1, -0.05) is 11.6 Å². The predicted octanol–water partition coefficient (Wildman–Crippen LogP) is 3.57. The molecule has 2 N–H and O–H groups in total. The molecule has 0 aromatic heterocycles. The number of hydrogen-bond donors (Lipinski definition) is 1. The fraction of sp³-hybridized carbons (Fsp3) is 0. The average Bonchev–Trinajstić information content (AvgIpc) is 2.33. The lowest BCUT2D eigenvalue weighted by atomic mass is 10.0. The minimum Gasteiger partial charge on any atom is -0.398 e. The Balaban J connectivity index is 2.53. The van der Waals surface area contributed by atoms with Gasteiger partial charge in [0.1, 0.15) is 5.82 Å². The van der Waals surface area contributed by atoms with Gasteiger partial charge in [0.25, 0.3) is 0 Å². The van der Waals surface area contributed by atoms with Gasteiger partial charge >= 0.3 is 0 Å². The van der Waals surface area contributed by atoms with Crippen LogP contribution in [0.1, 0.15) is 15.9 Å². The molecule has 0 amide bonds. The van der Waals surface area contributed by atoms with E-state index in [-0.39, 0.29) is 11.3 Å². The van der Waals surface area contributed by atoms with Crippen LogP contribution >= 0.6 is 11.6 Å². The highest BCUT2D eigenvalue weighted by Gasteiger charge is 2.19. The molecule has 2 aromatic carbocycles. The predicted molar refractivity (Wildman–Crippen MR) is 65.6 cm³/mol. The van der Waals surface area contributed by atoms with E-state index in [0.29, 0.717) is 17.2 Å². The summed E-state index contributed by atoms with van der Waals surface area (Å²) in [6.07, 6.45) is 0. The topological polar surface area (TPSA) is 43.1 Å². The Morgan fingerprint density at radius 1 is 0.947 bits per heavy atom. The molecule has 6 heteroatoms. The van der Waals surface area contributed by atoms with Gasteiger partial charge in [0, 0.05) is 22.3 Å². The largest absolute Gasteiger partial charge is 0.398 e. The fourth-order valence-corrected chi connectivity index (χ4v) is 1.76. The van der Waals surface area contributed by atoms with Crippen LogP contribution in [-0.4, -0.2) is 5.78 Å². The van der Waals surface area contributed by atoms with Crippen molar-refractivity contribution in [3.8, 4) is 0 Å². The van der Waals surface area contributed by atoms with Crippen molar-refractivity contribution in [2.45, 2.75) is 0 Å². The molecule has 0 saturated carbocycles. The number of rotatable bonds is 2. The summed E-state index contributed by atoms with van der Waals surface area (Å²) in [5.74, 6) is -4.67. The second-order valence-electron chi connectivity index (χ2n) is 3.81. The molecule has 0 heterocycles. The number of halogens is 4. The van der Waals surface area contributed by atoms with Crippen molar-refractivity contribution in [2.75, 3.05) is 5.73 Å². The zero-order valence-corrected chi connectivity index (χ0v) is 10.1. The van der Waals surface area contributed by atoms with Crippen molar-refractivity contribution in [1.29, 1.82) is 0 Å². The van der Waals surface area contributed by atoms with Gasteiger partial charge in [-0.05, 0) is 24.3 Å². The Kier molecular flexibility index (Phi) is 3.48. The number of ketones is 1. The number of anilines is 1. The van der Waals surface area contributed by atoms with E-state index >= 15 is 0 Å². The third-order valence-corrected chi connectivity index (χ3v) is 2.75. The van der Waals surface area contributed by atoms with E-state index in [1.54, 1.807) is 0 Å². The van der Waals surface area contributed by atoms with Crippen LogP contribution in [0.4, 0.5) is 18.9 Å². The molecule has 0 unspecified atom stereocenters. The first-order valence-electron chi connectivity index (χ1n) is 5.14. The van der Waals surface area contributed by atoms with E-state index in [9.17, 15) is 18.0 Å². The van der Waals surface area contributed by atoms with Crippen LogP contribution in [0.3, 0.4) is 0 Å². The molecule has 0 aliphatic rings. The van der Waals surface area contributed by atoms with Gasteiger partial charge in [0.05, 0.1) is 5.56 Å². The Hall–Kier alpha value is -2.01. The van der Waals surface area contributed by atoms with Gasteiger partial charge in [0.2, 0.25) is 0 Å². The standard InChI is InChI=1S/C13H7ClF3NO/c14-6-1-2-7(12(18)3-6)13(19)8-4-10(16)11(17)5-9(8)15/h1-5H,18H2. The Morgan fingerprint density at radius 3 is 2.21 bits per heavy atom. The van der Waals surface area contributed by atoms with Crippen LogP contribution in [0.5, 0.6) is 0 Å². The van der Waals surface area contributed by atoms with Gasteiger partial charge in [-0.15, -0.1) is 0 Å². The molecule has 0 fully saturated rings. The van der Waals surface area contributed by atoms with Gasteiger partial charge in [-0.3, -0.25) is 4.79 Å². The van der Waals surface area contributed by atoms with Gasteiger partial charge < -0.3 is 5.73 Å². The molecule has 0 bridgehead atoms. The van der Waals surface area contributed by atoms with E-state index in [2.05, 4.69) is 0 Å². The normalized spacial score (nSPS) is 10.5. The van der Waals surface area contributed by atoms with Gasteiger partial charge in [-0.25, -0.2) is 13.2 Å². The lowest BCUT2D eigenvalue weighted by Gasteiger charge is -2.07. The van der Waals surface area contributed by atoms with Crippen LogP contribution < -0.4 is 5.73 Å². The third kappa shape index (κ3) is 2.56. The SMILES string of the molecule is Nc1cc(Cl)ccc1C(=O)c1cc(F)c(F)cc1F. The van der Waals surface area contributed by atoms with Crippen molar-refractivity contribution in [3.63, 3.8) is 0 Å². The van der Waals surface area contributed by atoms with Gasteiger partial charge in [-0.2, -0.15) is 0 Å². The minimum absolute atomic E-state index is 0.0293. The van der Waals surface area contributed by atoms with E-state index < -0.39 is 28.8 Å². The van der Waals surface area contributed by atoms with E-state index in [1.807, 2.05) is 0 Å². The molecule has 0 spiro atoms. The number of nitrogen functional groups attached to an aromatic ring is 1. The Morgan fingerprint density at radius 2 is 1.58 bits per heavy atom. The fourth-order valence-electron chi connectivity index (χ4n) is 1.58. The molecule has 2 nitrogen and oxygen atoms in total. The van der Waals surface area contributed by atoms with E-state index in [1.165, 1.54) is 18.2 Å². The molecular weight excluding hydrogens is 279 g/mol. The lowest BCUT2D eigenvalue weighted by molar-refractivity contribution is 0.103. The molecule has 0 saturated heterocycles. The zero-order chi connectivity index (χ0) is 14.2. The molecule has 0 radical (unpaired) electrons. The average molecular weight is 286 g/mol. The van der Waals surface area contributed by atoms with Crippen molar-refractivity contribution < 1.29 is 18.0 Å². The first-order chi connectivity index (χ1) is 8.90. The van der Waals surface area contributed by atoms with Crippen LogP contribution in [0, 0.1) is 17.5 Å². The first kappa shape index (κ1) is 13.4. The highest BCUT2D eigenvalue weighted by atomic mass is 35.5. The summed E-state index contributed by atoms with van der Waals surface area (Å²) in [5, 5.41) is 0.305. The summed E-state index contributed by atoms with van der Waals surface area (Å²) in [6, 6.07) is 4.81. The first-order valence-corrected chi connectivity index (χ1v) is 5.52. The summed E-state index contributed by atoms with van der Waals surface area (Å²) < 4.78 is 39.3. The number of carbonyl (C=O) groups excluding carboxylic acids is 1. The molecule has 0 atom stereocenters. The number of hydrogen-bond acceptors (Lipinski definition) is 2. The van der Waals surface area contributed by atoms with E-state index in [4.69, 9.17) is 17.3 Å². The molecule has 2 rings (SSSR count). The van der Waals surface area contributed by atoms with Crippen molar-refractivity contribution in [3.05, 3.63) is 63.9 Å². The van der Waals surface area contributed by atoms with Crippen molar-refractivity contribution in [2.24, 2.45) is 0 Å². The number of carbonyl (C=O) groups is 1. The summed E-state index contributed by atoms with van der Waals surface area (Å²) in [7, 11) is 0. The Labute approximate surface area is 111 Å². The van der Waals surface area contributed by atoms with Gasteiger partial charge in [0.15, 0.2) is 17.4 Å². The van der Waals surface area contributed by atoms with Crippen LogP contribution in [0.15, 0.2) is 30.3 Å². The highest BCUT2D eigenvalue weighted by molar-refractivity contribution is 6.31. The summed E-state index contributed by atoms with van der Waals surface area (Å²) in [6.45, 7) is 0. The number of benzene rings is 2. The summed E-state index contributed by atoms with van der Waals surface area (Å²) >= 11 is 5.67. The van der Waals surface area contributed by atoms with Crippen LogP contribution in [0.2, 0.25) is 5.02 Å². The zero-order valence-electron chi connectivity index (χ0n) is 9.38. The second-order valence-corrected chi connectivity index (χ2v) is 4.24. The quantitative estimate of drug-likeness (QED) is 0.521. The smallest absolute Gasteiger partial charge is 0.198 e. The third-order valence-electron chi connectivity index (χ3n) is 2.51. The Bertz CT molecular complexity index is 673. The molecule has 2 aromatic rings.